The van der Waals surface area contributed by atoms with Gasteiger partial charge in [-0.2, -0.15) is 0 Å². The van der Waals surface area contributed by atoms with Crippen LogP contribution in [0.2, 0.25) is 4.34 Å². The Morgan fingerprint density at radius 1 is 1.33 bits per heavy atom. The number of thiophene rings is 1. The predicted octanol–water partition coefficient (Wildman–Crippen LogP) is 4.03. The van der Waals surface area contributed by atoms with Crippen molar-refractivity contribution in [3.05, 3.63) is 51.2 Å². The summed E-state index contributed by atoms with van der Waals surface area (Å²) < 4.78 is 0.777. The van der Waals surface area contributed by atoms with Crippen LogP contribution < -0.4 is 5.32 Å². The fourth-order valence-electron chi connectivity index (χ4n) is 2.07. The van der Waals surface area contributed by atoms with Crippen molar-refractivity contribution in [3.8, 4) is 0 Å². The zero-order chi connectivity index (χ0) is 15.2. The van der Waals surface area contributed by atoms with Gasteiger partial charge in [0.25, 0.3) is 0 Å². The van der Waals surface area contributed by atoms with E-state index in [1.807, 2.05) is 42.3 Å². The first kappa shape index (κ1) is 16.0. The minimum atomic E-state index is -0.00611. The van der Waals surface area contributed by atoms with Crippen LogP contribution in [0.3, 0.4) is 0 Å². The number of nitrogens with zero attached hydrogens (tertiary/aromatic N) is 1. The summed E-state index contributed by atoms with van der Waals surface area (Å²) in [6.45, 7) is 3.17. The highest BCUT2D eigenvalue weighted by atomic mass is 35.5. The fraction of sp³-hybridized carbons (Fsp3) is 0.312. The zero-order valence-corrected chi connectivity index (χ0v) is 13.8. The Kier molecular flexibility index (Phi) is 5.79. The summed E-state index contributed by atoms with van der Waals surface area (Å²) in [7, 11) is 1.93. The molecule has 2 rings (SSSR count). The molecular weight excluding hydrogens is 304 g/mol. The smallest absolute Gasteiger partial charge is 0.238 e. The summed E-state index contributed by atoms with van der Waals surface area (Å²) in [5.41, 5.74) is 2.07. The van der Waals surface area contributed by atoms with Crippen molar-refractivity contribution < 1.29 is 4.79 Å². The van der Waals surface area contributed by atoms with E-state index in [1.54, 1.807) is 11.3 Å². The largest absolute Gasteiger partial charge is 0.325 e. The van der Waals surface area contributed by atoms with Gasteiger partial charge in [0.05, 0.1) is 10.9 Å². The Bertz CT molecular complexity index is 612. The second-order valence-corrected chi connectivity index (χ2v) is 6.78. The number of hydrogen-bond donors (Lipinski definition) is 1. The van der Waals surface area contributed by atoms with Gasteiger partial charge in [0, 0.05) is 17.1 Å². The van der Waals surface area contributed by atoms with E-state index in [9.17, 15) is 4.79 Å². The molecule has 0 aliphatic rings. The van der Waals surface area contributed by atoms with Crippen molar-refractivity contribution in [2.45, 2.75) is 19.9 Å². The van der Waals surface area contributed by atoms with Crippen LogP contribution in [0.25, 0.3) is 0 Å². The molecule has 0 saturated heterocycles. The van der Waals surface area contributed by atoms with Gasteiger partial charge in [-0.3, -0.25) is 9.69 Å². The number of likely N-dealkylation sites (N-methyl/N-ethyl adjacent to an activating group) is 1. The van der Waals surface area contributed by atoms with E-state index in [2.05, 4.69) is 18.3 Å². The van der Waals surface area contributed by atoms with Gasteiger partial charge < -0.3 is 5.32 Å². The number of hydrogen-bond acceptors (Lipinski definition) is 3. The summed E-state index contributed by atoms with van der Waals surface area (Å²) in [5.74, 6) is -0.00611. The molecule has 0 radical (unpaired) electrons. The fourth-order valence-corrected chi connectivity index (χ4v) is 3.24. The molecule has 112 valence electrons. The molecule has 1 amide bonds. The van der Waals surface area contributed by atoms with Crippen LogP contribution in [0.4, 0.5) is 5.69 Å². The number of carbonyl (C=O) groups excluding carboxylic acids is 1. The predicted molar refractivity (Wildman–Crippen MR) is 90.1 cm³/mol. The molecule has 3 nitrogen and oxygen atoms in total. The molecule has 21 heavy (non-hydrogen) atoms. The zero-order valence-electron chi connectivity index (χ0n) is 12.2. The van der Waals surface area contributed by atoms with Crippen LogP contribution in [0.1, 0.15) is 17.4 Å². The number of halogens is 1. The average molecular weight is 323 g/mol. The van der Waals surface area contributed by atoms with Crippen LogP contribution in [0.5, 0.6) is 0 Å². The third-order valence-electron chi connectivity index (χ3n) is 3.09. The minimum absolute atomic E-state index is 0.00611. The molecule has 1 aromatic heterocycles. The maximum absolute atomic E-state index is 12.0. The highest BCUT2D eigenvalue weighted by Gasteiger charge is 2.09. The molecular formula is C16H19ClN2OS. The molecule has 0 aliphatic heterocycles. The van der Waals surface area contributed by atoms with Crippen molar-refractivity contribution in [1.82, 2.24) is 4.90 Å². The molecule has 0 unspecified atom stereocenters. The van der Waals surface area contributed by atoms with Crippen molar-refractivity contribution in [3.63, 3.8) is 0 Å². The van der Waals surface area contributed by atoms with E-state index in [-0.39, 0.29) is 5.91 Å². The van der Waals surface area contributed by atoms with E-state index in [0.717, 1.165) is 27.9 Å². The van der Waals surface area contributed by atoms with Crippen LogP contribution in [-0.2, 0) is 17.8 Å². The van der Waals surface area contributed by atoms with Gasteiger partial charge in [-0.05, 0) is 43.3 Å². The van der Waals surface area contributed by atoms with Gasteiger partial charge in [-0.25, -0.2) is 0 Å². The van der Waals surface area contributed by atoms with Crippen molar-refractivity contribution >= 4 is 34.5 Å². The third kappa shape index (κ3) is 5.16. The Balaban J connectivity index is 1.85. The molecule has 1 heterocycles. The molecule has 5 heteroatoms. The number of rotatable bonds is 6. The van der Waals surface area contributed by atoms with Crippen LogP contribution in [0.15, 0.2) is 36.4 Å². The minimum Gasteiger partial charge on any atom is -0.325 e. The van der Waals surface area contributed by atoms with E-state index in [0.29, 0.717) is 6.54 Å². The number of amides is 1. The van der Waals surface area contributed by atoms with Gasteiger partial charge in [-0.1, -0.05) is 30.7 Å². The SMILES string of the molecule is CCc1cccc(NC(=O)CN(C)Cc2ccc(Cl)s2)c1. The molecule has 0 spiro atoms. The van der Waals surface area contributed by atoms with E-state index in [1.165, 1.54) is 5.56 Å². The first-order valence-electron chi connectivity index (χ1n) is 6.88. The Hall–Kier alpha value is -1.36. The Morgan fingerprint density at radius 2 is 2.14 bits per heavy atom. The second kappa shape index (κ2) is 7.59. The molecule has 0 atom stereocenters. The first-order valence-corrected chi connectivity index (χ1v) is 8.08. The van der Waals surface area contributed by atoms with Crippen molar-refractivity contribution in [1.29, 1.82) is 0 Å². The quantitative estimate of drug-likeness (QED) is 0.870. The Labute approximate surface area is 134 Å². The monoisotopic (exact) mass is 322 g/mol. The summed E-state index contributed by atoms with van der Waals surface area (Å²) in [6, 6.07) is 11.8. The lowest BCUT2D eigenvalue weighted by atomic mass is 10.1. The highest BCUT2D eigenvalue weighted by molar-refractivity contribution is 7.16. The number of benzene rings is 1. The normalized spacial score (nSPS) is 10.9. The van der Waals surface area contributed by atoms with Gasteiger partial charge in [0.2, 0.25) is 5.91 Å². The number of aryl methyl sites for hydroxylation is 1. The van der Waals surface area contributed by atoms with Crippen molar-refractivity contribution in [2.24, 2.45) is 0 Å². The van der Waals surface area contributed by atoms with Gasteiger partial charge in [0.1, 0.15) is 0 Å². The molecule has 0 bridgehead atoms. The molecule has 1 N–H and O–H groups in total. The van der Waals surface area contributed by atoms with Gasteiger partial charge >= 0.3 is 0 Å². The molecule has 0 fully saturated rings. The second-order valence-electron chi connectivity index (χ2n) is 4.98. The molecule has 0 aliphatic carbocycles. The maximum Gasteiger partial charge on any atom is 0.238 e. The number of carbonyl (C=O) groups is 1. The van der Waals surface area contributed by atoms with Crippen LogP contribution in [0, 0.1) is 0 Å². The van der Waals surface area contributed by atoms with Crippen LogP contribution >= 0.6 is 22.9 Å². The van der Waals surface area contributed by atoms with Crippen molar-refractivity contribution in [2.75, 3.05) is 18.9 Å². The van der Waals surface area contributed by atoms with Gasteiger partial charge in [0.15, 0.2) is 0 Å². The average Bonchev–Trinajstić information content (AvgIpc) is 2.83. The topological polar surface area (TPSA) is 32.3 Å². The third-order valence-corrected chi connectivity index (χ3v) is 4.30. The summed E-state index contributed by atoms with van der Waals surface area (Å²) in [5, 5.41) is 2.94. The lowest BCUT2D eigenvalue weighted by molar-refractivity contribution is -0.117. The molecule has 2 aromatic rings. The Morgan fingerprint density at radius 3 is 2.81 bits per heavy atom. The van der Waals surface area contributed by atoms with E-state index >= 15 is 0 Å². The number of nitrogens with one attached hydrogen (secondary N) is 1. The standard InChI is InChI=1S/C16H19ClN2OS/c1-3-12-5-4-6-13(9-12)18-16(20)11-19(2)10-14-7-8-15(17)21-14/h4-9H,3,10-11H2,1-2H3,(H,18,20). The summed E-state index contributed by atoms with van der Waals surface area (Å²) in [6.07, 6.45) is 0.961. The van der Waals surface area contributed by atoms with E-state index < -0.39 is 0 Å². The van der Waals surface area contributed by atoms with E-state index in [4.69, 9.17) is 11.6 Å². The summed E-state index contributed by atoms with van der Waals surface area (Å²) in [4.78, 5) is 15.2. The first-order chi connectivity index (χ1) is 10.1. The van der Waals surface area contributed by atoms with Gasteiger partial charge in [-0.15, -0.1) is 11.3 Å². The van der Waals surface area contributed by atoms with Crippen LogP contribution in [-0.4, -0.2) is 24.4 Å². The lowest BCUT2D eigenvalue weighted by Gasteiger charge is -2.15. The highest BCUT2D eigenvalue weighted by Crippen LogP contribution is 2.22. The number of anilines is 1. The molecule has 0 saturated carbocycles. The maximum atomic E-state index is 12.0. The summed E-state index contributed by atoms with van der Waals surface area (Å²) >= 11 is 7.45. The lowest BCUT2D eigenvalue weighted by Crippen LogP contribution is -2.29. The molecule has 1 aromatic carbocycles.